The number of furan rings is 1. The van der Waals surface area contributed by atoms with Crippen molar-refractivity contribution >= 4 is 11.1 Å². The summed E-state index contributed by atoms with van der Waals surface area (Å²) in [5.74, 6) is 0.743. The summed E-state index contributed by atoms with van der Waals surface area (Å²) in [6, 6.07) is 17.5. The van der Waals surface area contributed by atoms with E-state index >= 15 is 0 Å². The normalized spacial score (nSPS) is 10.8. The molecule has 0 radical (unpaired) electrons. The van der Waals surface area contributed by atoms with Gasteiger partial charge in [0.2, 0.25) is 0 Å². The van der Waals surface area contributed by atoms with Gasteiger partial charge in [0, 0.05) is 35.2 Å². The standard InChI is InChI=1S/C22H13N5O/c23-10-17-6-5-16(11-26-17)18-7-8-25-19-9-21(28-22(18)19)15-3-1-14(2-4-15)20-12-24-13-27-20/h1-9,11-13H,(H,24,27). The van der Waals surface area contributed by atoms with Gasteiger partial charge in [0.1, 0.15) is 23.0 Å². The number of aromatic amines is 1. The Labute approximate surface area is 160 Å². The number of nitriles is 1. The smallest absolute Gasteiger partial charge is 0.161 e. The molecule has 0 saturated carbocycles. The minimum atomic E-state index is 0.381. The Balaban J connectivity index is 1.56. The topological polar surface area (TPSA) is 91.4 Å². The summed E-state index contributed by atoms with van der Waals surface area (Å²) in [4.78, 5) is 15.7. The molecule has 6 heteroatoms. The summed E-state index contributed by atoms with van der Waals surface area (Å²) in [6.07, 6.45) is 6.87. The number of pyridine rings is 2. The van der Waals surface area contributed by atoms with Crippen LogP contribution in [0.15, 0.2) is 77.9 Å². The Morgan fingerprint density at radius 2 is 1.71 bits per heavy atom. The third-order valence-electron chi connectivity index (χ3n) is 4.58. The van der Waals surface area contributed by atoms with Gasteiger partial charge in [-0.05, 0) is 23.8 Å². The first kappa shape index (κ1) is 16.0. The van der Waals surface area contributed by atoms with Crippen LogP contribution in [0.4, 0.5) is 0 Å². The van der Waals surface area contributed by atoms with E-state index in [1.165, 1.54) is 0 Å². The fourth-order valence-electron chi connectivity index (χ4n) is 3.15. The van der Waals surface area contributed by atoms with Crippen LogP contribution in [0.5, 0.6) is 0 Å². The molecule has 0 aliphatic heterocycles. The van der Waals surface area contributed by atoms with Crippen LogP contribution in [0.2, 0.25) is 0 Å². The molecular weight excluding hydrogens is 350 g/mol. The Morgan fingerprint density at radius 3 is 2.43 bits per heavy atom. The summed E-state index contributed by atoms with van der Waals surface area (Å²) in [7, 11) is 0. The van der Waals surface area contributed by atoms with Gasteiger partial charge < -0.3 is 9.40 Å². The average Bonchev–Trinajstić information content (AvgIpc) is 3.44. The molecule has 132 valence electrons. The predicted molar refractivity (Wildman–Crippen MR) is 105 cm³/mol. The van der Waals surface area contributed by atoms with E-state index in [1.54, 1.807) is 31.0 Å². The van der Waals surface area contributed by atoms with Crippen molar-refractivity contribution in [2.75, 3.05) is 0 Å². The first-order valence-corrected chi connectivity index (χ1v) is 8.66. The van der Waals surface area contributed by atoms with Crippen LogP contribution in [0.1, 0.15) is 5.69 Å². The van der Waals surface area contributed by atoms with Crippen molar-refractivity contribution in [1.82, 2.24) is 19.9 Å². The molecule has 0 aliphatic rings. The number of benzene rings is 1. The fraction of sp³-hybridized carbons (Fsp3) is 0. The second-order valence-electron chi connectivity index (χ2n) is 6.27. The third-order valence-corrected chi connectivity index (χ3v) is 4.58. The quantitative estimate of drug-likeness (QED) is 0.496. The lowest BCUT2D eigenvalue weighted by molar-refractivity contribution is 0.632. The summed E-state index contributed by atoms with van der Waals surface area (Å²) < 4.78 is 6.15. The zero-order chi connectivity index (χ0) is 18.9. The van der Waals surface area contributed by atoms with Crippen LogP contribution in [-0.4, -0.2) is 19.9 Å². The maximum atomic E-state index is 8.93. The minimum absolute atomic E-state index is 0.381. The molecule has 0 unspecified atom stereocenters. The lowest BCUT2D eigenvalue weighted by atomic mass is 10.1. The number of rotatable bonds is 3. The van der Waals surface area contributed by atoms with Crippen LogP contribution in [0.25, 0.3) is 44.8 Å². The molecule has 0 spiro atoms. The van der Waals surface area contributed by atoms with Crippen LogP contribution in [0.3, 0.4) is 0 Å². The molecule has 6 nitrogen and oxygen atoms in total. The second kappa shape index (κ2) is 6.49. The maximum absolute atomic E-state index is 8.93. The number of nitrogens with one attached hydrogen (secondary N) is 1. The third kappa shape index (κ3) is 2.72. The van der Waals surface area contributed by atoms with Crippen LogP contribution >= 0.6 is 0 Å². The summed E-state index contributed by atoms with van der Waals surface area (Å²) in [6.45, 7) is 0. The highest BCUT2D eigenvalue weighted by Gasteiger charge is 2.13. The van der Waals surface area contributed by atoms with Crippen molar-refractivity contribution in [2.24, 2.45) is 0 Å². The van der Waals surface area contributed by atoms with Gasteiger partial charge in [-0.15, -0.1) is 0 Å². The molecule has 0 bridgehead atoms. The average molecular weight is 363 g/mol. The molecular formula is C22H13N5O. The molecule has 0 atom stereocenters. The van der Waals surface area contributed by atoms with Crippen LogP contribution in [0, 0.1) is 11.3 Å². The summed E-state index contributed by atoms with van der Waals surface area (Å²) in [5, 5.41) is 8.93. The second-order valence-corrected chi connectivity index (χ2v) is 6.27. The first-order valence-electron chi connectivity index (χ1n) is 8.66. The molecule has 4 heterocycles. The van der Waals surface area contributed by atoms with Gasteiger partial charge in [-0.3, -0.25) is 4.98 Å². The van der Waals surface area contributed by atoms with Crippen molar-refractivity contribution < 1.29 is 4.42 Å². The zero-order valence-corrected chi connectivity index (χ0v) is 14.6. The lowest BCUT2D eigenvalue weighted by Gasteiger charge is -2.02. The number of hydrogen-bond donors (Lipinski definition) is 1. The largest absolute Gasteiger partial charge is 0.454 e. The molecule has 0 aliphatic carbocycles. The SMILES string of the molecule is N#Cc1ccc(-c2ccnc3cc(-c4ccc(-c5cnc[nH]5)cc4)oc23)cn1. The van der Waals surface area contributed by atoms with Crippen LogP contribution < -0.4 is 0 Å². The van der Waals surface area contributed by atoms with Gasteiger partial charge in [-0.1, -0.05) is 24.3 Å². The molecule has 1 N–H and O–H groups in total. The highest BCUT2D eigenvalue weighted by molar-refractivity contribution is 5.92. The minimum Gasteiger partial charge on any atom is -0.454 e. The van der Waals surface area contributed by atoms with E-state index in [2.05, 4.69) is 19.9 Å². The predicted octanol–water partition coefficient (Wildman–Crippen LogP) is 4.82. The Bertz CT molecular complexity index is 1290. The van der Waals surface area contributed by atoms with Crippen molar-refractivity contribution in [2.45, 2.75) is 0 Å². The van der Waals surface area contributed by atoms with Crippen LogP contribution in [-0.2, 0) is 0 Å². The summed E-state index contributed by atoms with van der Waals surface area (Å²) in [5.41, 5.74) is 6.60. The highest BCUT2D eigenvalue weighted by Crippen LogP contribution is 2.34. The van der Waals surface area contributed by atoms with E-state index in [0.717, 1.165) is 39.2 Å². The molecule has 5 aromatic rings. The van der Waals surface area contributed by atoms with E-state index < -0.39 is 0 Å². The van der Waals surface area contributed by atoms with E-state index in [9.17, 15) is 0 Å². The lowest BCUT2D eigenvalue weighted by Crippen LogP contribution is -1.85. The summed E-state index contributed by atoms with van der Waals surface area (Å²) >= 11 is 0. The molecule has 1 aromatic carbocycles. The molecule has 4 aromatic heterocycles. The van der Waals surface area contributed by atoms with E-state index in [0.29, 0.717) is 11.3 Å². The van der Waals surface area contributed by atoms with Gasteiger partial charge in [-0.2, -0.15) is 5.26 Å². The molecule has 0 fully saturated rings. The van der Waals surface area contributed by atoms with Gasteiger partial charge in [0.15, 0.2) is 5.58 Å². The van der Waals surface area contributed by atoms with Crippen molar-refractivity contribution in [1.29, 1.82) is 5.26 Å². The Hall–Kier alpha value is -4.24. The van der Waals surface area contributed by atoms with Crippen molar-refractivity contribution in [3.05, 3.63) is 79.1 Å². The number of fused-ring (bicyclic) bond motifs is 1. The highest BCUT2D eigenvalue weighted by atomic mass is 16.3. The maximum Gasteiger partial charge on any atom is 0.161 e. The van der Waals surface area contributed by atoms with Gasteiger partial charge in [-0.25, -0.2) is 9.97 Å². The first-order chi connectivity index (χ1) is 13.8. The molecule has 0 amide bonds. The van der Waals surface area contributed by atoms with Crippen molar-refractivity contribution in [3.8, 4) is 39.8 Å². The molecule has 5 rings (SSSR count). The number of hydrogen-bond acceptors (Lipinski definition) is 5. The Kier molecular flexibility index (Phi) is 3.70. The molecule has 0 saturated heterocycles. The van der Waals surface area contributed by atoms with Gasteiger partial charge in [0.05, 0.1) is 18.2 Å². The number of aromatic nitrogens is 4. The number of nitrogens with zero attached hydrogens (tertiary/aromatic N) is 4. The Morgan fingerprint density at radius 1 is 0.893 bits per heavy atom. The van der Waals surface area contributed by atoms with Gasteiger partial charge >= 0.3 is 0 Å². The fourth-order valence-corrected chi connectivity index (χ4v) is 3.15. The zero-order valence-electron chi connectivity index (χ0n) is 14.6. The van der Waals surface area contributed by atoms with Gasteiger partial charge in [0.25, 0.3) is 0 Å². The van der Waals surface area contributed by atoms with E-state index in [1.807, 2.05) is 48.5 Å². The number of imidazole rings is 1. The number of H-pyrrole nitrogens is 1. The van der Waals surface area contributed by atoms with Crippen molar-refractivity contribution in [3.63, 3.8) is 0 Å². The molecule has 28 heavy (non-hydrogen) atoms. The van der Waals surface area contributed by atoms with E-state index in [-0.39, 0.29) is 0 Å². The van der Waals surface area contributed by atoms with E-state index in [4.69, 9.17) is 9.68 Å². The monoisotopic (exact) mass is 363 g/mol.